The van der Waals surface area contributed by atoms with E-state index in [1.807, 2.05) is 0 Å². The van der Waals surface area contributed by atoms with E-state index in [0.29, 0.717) is 6.10 Å². The van der Waals surface area contributed by atoms with E-state index < -0.39 is 0 Å². The van der Waals surface area contributed by atoms with Crippen LogP contribution in [-0.4, -0.2) is 50.3 Å². The maximum atomic E-state index is 5.79. The van der Waals surface area contributed by atoms with Crippen molar-refractivity contribution in [2.24, 2.45) is 5.92 Å². The number of nitrogens with zero attached hydrogens (tertiary/aromatic N) is 1. The summed E-state index contributed by atoms with van der Waals surface area (Å²) in [7, 11) is 2.06. The third kappa shape index (κ3) is 3.94. The third-order valence-electron chi connectivity index (χ3n) is 4.76. The molecule has 2 atom stereocenters. The number of ether oxygens (including phenoxy) is 1. The Labute approximate surface area is 112 Å². The van der Waals surface area contributed by atoms with Crippen LogP contribution in [0.5, 0.6) is 0 Å². The molecule has 3 nitrogen and oxygen atoms in total. The fraction of sp³-hybridized carbons (Fsp3) is 1.00. The van der Waals surface area contributed by atoms with Gasteiger partial charge in [0.1, 0.15) is 0 Å². The minimum absolute atomic E-state index is 0.519. The lowest BCUT2D eigenvalue weighted by Gasteiger charge is -2.41. The van der Waals surface area contributed by atoms with Gasteiger partial charge in [-0.3, -0.25) is 0 Å². The first kappa shape index (κ1) is 14.3. The summed E-state index contributed by atoms with van der Waals surface area (Å²) in [6.07, 6.45) is 8.36. The number of hydrogen-bond donors (Lipinski definition) is 1. The molecule has 2 unspecified atom stereocenters. The van der Waals surface area contributed by atoms with Gasteiger partial charge in [-0.05, 0) is 71.1 Å². The second kappa shape index (κ2) is 7.46. The van der Waals surface area contributed by atoms with Crippen LogP contribution in [0.3, 0.4) is 0 Å². The summed E-state index contributed by atoms with van der Waals surface area (Å²) in [5.41, 5.74) is 0. The van der Waals surface area contributed by atoms with Crippen LogP contribution < -0.4 is 5.32 Å². The van der Waals surface area contributed by atoms with Crippen LogP contribution in [0.1, 0.15) is 45.4 Å². The van der Waals surface area contributed by atoms with Crippen LogP contribution in [-0.2, 0) is 4.74 Å². The molecule has 106 valence electrons. The van der Waals surface area contributed by atoms with Crippen molar-refractivity contribution in [3.05, 3.63) is 0 Å². The first-order valence-electron chi connectivity index (χ1n) is 7.83. The van der Waals surface area contributed by atoms with Gasteiger partial charge in [-0.2, -0.15) is 0 Å². The lowest BCUT2D eigenvalue weighted by molar-refractivity contribution is -0.0348. The highest BCUT2D eigenvalue weighted by atomic mass is 16.5. The number of likely N-dealkylation sites (tertiary alicyclic amines) is 1. The lowest BCUT2D eigenvalue weighted by Crippen LogP contribution is -2.46. The fourth-order valence-electron chi connectivity index (χ4n) is 3.43. The van der Waals surface area contributed by atoms with Gasteiger partial charge in [-0.15, -0.1) is 0 Å². The van der Waals surface area contributed by atoms with Crippen LogP contribution in [0.25, 0.3) is 0 Å². The SMILES string of the molecule is CCC1CC(N2CCC(CCNC)CC2)CCO1. The highest BCUT2D eigenvalue weighted by Gasteiger charge is 2.29. The Balaban J connectivity index is 1.72. The molecule has 0 aliphatic carbocycles. The molecule has 0 bridgehead atoms. The molecule has 0 aromatic rings. The van der Waals surface area contributed by atoms with E-state index in [1.165, 1.54) is 58.2 Å². The van der Waals surface area contributed by atoms with Crippen LogP contribution in [0.4, 0.5) is 0 Å². The normalized spacial score (nSPS) is 31.7. The number of hydrogen-bond acceptors (Lipinski definition) is 3. The zero-order valence-electron chi connectivity index (χ0n) is 12.2. The van der Waals surface area contributed by atoms with Crippen LogP contribution >= 0.6 is 0 Å². The van der Waals surface area contributed by atoms with Gasteiger partial charge >= 0.3 is 0 Å². The smallest absolute Gasteiger partial charge is 0.0587 e. The Hall–Kier alpha value is -0.120. The van der Waals surface area contributed by atoms with E-state index in [1.54, 1.807) is 0 Å². The zero-order valence-corrected chi connectivity index (χ0v) is 12.2. The van der Waals surface area contributed by atoms with E-state index in [4.69, 9.17) is 4.74 Å². The van der Waals surface area contributed by atoms with E-state index in [2.05, 4.69) is 24.2 Å². The van der Waals surface area contributed by atoms with Crippen molar-refractivity contribution in [3.8, 4) is 0 Å². The maximum absolute atomic E-state index is 5.79. The summed E-state index contributed by atoms with van der Waals surface area (Å²) in [4.78, 5) is 2.74. The number of nitrogens with one attached hydrogen (secondary N) is 1. The summed E-state index contributed by atoms with van der Waals surface area (Å²) in [6, 6.07) is 0.800. The average Bonchev–Trinajstić information content (AvgIpc) is 2.46. The highest BCUT2D eigenvalue weighted by Crippen LogP contribution is 2.27. The second-order valence-corrected chi connectivity index (χ2v) is 5.95. The third-order valence-corrected chi connectivity index (χ3v) is 4.76. The van der Waals surface area contributed by atoms with Gasteiger partial charge in [0.2, 0.25) is 0 Å². The molecule has 0 aromatic heterocycles. The van der Waals surface area contributed by atoms with E-state index in [9.17, 15) is 0 Å². The highest BCUT2D eigenvalue weighted by molar-refractivity contribution is 4.83. The molecular formula is C15H30N2O. The van der Waals surface area contributed by atoms with Crippen LogP contribution in [0.2, 0.25) is 0 Å². The van der Waals surface area contributed by atoms with E-state index in [0.717, 1.165) is 18.6 Å². The zero-order chi connectivity index (χ0) is 12.8. The molecule has 1 N–H and O–H groups in total. The van der Waals surface area contributed by atoms with Crippen molar-refractivity contribution < 1.29 is 4.74 Å². The van der Waals surface area contributed by atoms with Crippen molar-refractivity contribution in [1.82, 2.24) is 10.2 Å². The van der Waals surface area contributed by atoms with Gasteiger partial charge in [0.05, 0.1) is 6.10 Å². The van der Waals surface area contributed by atoms with Gasteiger partial charge < -0.3 is 15.0 Å². The van der Waals surface area contributed by atoms with Gasteiger partial charge in [-0.1, -0.05) is 6.92 Å². The van der Waals surface area contributed by atoms with Crippen molar-refractivity contribution in [2.75, 3.05) is 33.3 Å². The first-order chi connectivity index (χ1) is 8.83. The van der Waals surface area contributed by atoms with Crippen molar-refractivity contribution in [1.29, 1.82) is 0 Å². The number of piperidine rings is 1. The van der Waals surface area contributed by atoms with Crippen molar-refractivity contribution in [2.45, 2.75) is 57.6 Å². The van der Waals surface area contributed by atoms with E-state index in [-0.39, 0.29) is 0 Å². The van der Waals surface area contributed by atoms with Gasteiger partial charge in [0.25, 0.3) is 0 Å². The Morgan fingerprint density at radius 2 is 2.00 bits per heavy atom. The lowest BCUT2D eigenvalue weighted by atomic mass is 9.90. The summed E-state index contributed by atoms with van der Waals surface area (Å²) in [5.74, 6) is 0.954. The van der Waals surface area contributed by atoms with Crippen LogP contribution in [0, 0.1) is 5.92 Å². The molecule has 0 radical (unpaired) electrons. The monoisotopic (exact) mass is 254 g/mol. The average molecular weight is 254 g/mol. The summed E-state index contributed by atoms with van der Waals surface area (Å²) in [6.45, 7) is 7.03. The Morgan fingerprint density at radius 1 is 1.22 bits per heavy atom. The summed E-state index contributed by atoms with van der Waals surface area (Å²) < 4.78 is 5.79. The molecule has 2 aliphatic heterocycles. The molecule has 18 heavy (non-hydrogen) atoms. The molecule has 0 aromatic carbocycles. The number of rotatable bonds is 5. The molecule has 2 saturated heterocycles. The van der Waals surface area contributed by atoms with Crippen molar-refractivity contribution in [3.63, 3.8) is 0 Å². The minimum Gasteiger partial charge on any atom is -0.378 e. The summed E-state index contributed by atoms with van der Waals surface area (Å²) >= 11 is 0. The van der Waals surface area contributed by atoms with E-state index >= 15 is 0 Å². The predicted molar refractivity (Wildman–Crippen MR) is 75.9 cm³/mol. The molecule has 2 heterocycles. The topological polar surface area (TPSA) is 24.5 Å². The molecule has 0 spiro atoms. The molecule has 2 fully saturated rings. The molecular weight excluding hydrogens is 224 g/mol. The Morgan fingerprint density at radius 3 is 2.67 bits per heavy atom. The largest absolute Gasteiger partial charge is 0.378 e. The molecule has 0 amide bonds. The predicted octanol–water partition coefficient (Wildman–Crippen LogP) is 2.27. The fourth-order valence-corrected chi connectivity index (χ4v) is 3.43. The van der Waals surface area contributed by atoms with Gasteiger partial charge in [0.15, 0.2) is 0 Å². The van der Waals surface area contributed by atoms with Crippen LogP contribution in [0.15, 0.2) is 0 Å². The first-order valence-corrected chi connectivity index (χ1v) is 7.83. The molecule has 2 aliphatic rings. The Kier molecular flexibility index (Phi) is 5.93. The summed E-state index contributed by atoms with van der Waals surface area (Å²) in [5, 5.41) is 3.27. The second-order valence-electron chi connectivity index (χ2n) is 5.95. The molecule has 3 heteroatoms. The Bertz CT molecular complexity index is 227. The molecule has 2 rings (SSSR count). The molecule has 0 saturated carbocycles. The minimum atomic E-state index is 0.519. The quantitative estimate of drug-likeness (QED) is 0.814. The van der Waals surface area contributed by atoms with Crippen molar-refractivity contribution >= 4 is 0 Å². The van der Waals surface area contributed by atoms with Gasteiger partial charge in [0, 0.05) is 12.6 Å². The maximum Gasteiger partial charge on any atom is 0.0587 e. The standard InChI is InChI=1S/C15H30N2O/c1-3-15-12-14(7-11-18-15)17-9-5-13(6-10-17)4-8-16-2/h13-16H,3-12H2,1-2H3. The van der Waals surface area contributed by atoms with Gasteiger partial charge in [-0.25, -0.2) is 0 Å².